The van der Waals surface area contributed by atoms with Crippen LogP contribution in [0.4, 0.5) is 0 Å². The Morgan fingerprint density at radius 1 is 1.33 bits per heavy atom. The van der Waals surface area contributed by atoms with Gasteiger partial charge in [0.15, 0.2) is 0 Å². The van der Waals surface area contributed by atoms with Crippen molar-refractivity contribution in [3.05, 3.63) is 35.5 Å². The molecule has 0 bridgehead atoms. The van der Waals surface area contributed by atoms with Crippen molar-refractivity contribution >= 4 is 16.9 Å². The minimum absolute atomic E-state index is 0.105. The molecule has 0 aliphatic heterocycles. The SMILES string of the molecule is Cc1cc(CCC(=O)O)nc2ccc(OCC(C)C)cc12. The van der Waals surface area contributed by atoms with Crippen LogP contribution in [0.25, 0.3) is 10.9 Å². The number of aliphatic carboxylic acids is 1. The molecule has 0 aliphatic carbocycles. The molecule has 2 rings (SSSR count). The topological polar surface area (TPSA) is 59.4 Å². The van der Waals surface area contributed by atoms with E-state index in [9.17, 15) is 4.79 Å². The van der Waals surface area contributed by atoms with E-state index in [-0.39, 0.29) is 6.42 Å². The summed E-state index contributed by atoms with van der Waals surface area (Å²) in [4.78, 5) is 15.2. The molecule has 0 saturated carbocycles. The van der Waals surface area contributed by atoms with E-state index in [1.807, 2.05) is 31.2 Å². The van der Waals surface area contributed by atoms with E-state index in [1.54, 1.807) is 0 Å². The van der Waals surface area contributed by atoms with Crippen LogP contribution in [0.15, 0.2) is 24.3 Å². The van der Waals surface area contributed by atoms with Crippen molar-refractivity contribution in [2.45, 2.75) is 33.6 Å². The van der Waals surface area contributed by atoms with E-state index in [0.717, 1.165) is 27.9 Å². The van der Waals surface area contributed by atoms with Crippen molar-refractivity contribution in [2.24, 2.45) is 5.92 Å². The van der Waals surface area contributed by atoms with Gasteiger partial charge in [-0.3, -0.25) is 9.78 Å². The lowest BCUT2D eigenvalue weighted by Gasteiger charge is -2.11. The molecule has 0 saturated heterocycles. The number of carboxylic acid groups (broad SMARTS) is 1. The molecule has 2 aromatic rings. The Hall–Kier alpha value is -2.10. The lowest BCUT2D eigenvalue weighted by molar-refractivity contribution is -0.136. The number of hydrogen-bond acceptors (Lipinski definition) is 3. The van der Waals surface area contributed by atoms with Gasteiger partial charge in [-0.05, 0) is 42.7 Å². The van der Waals surface area contributed by atoms with E-state index in [2.05, 4.69) is 18.8 Å². The van der Waals surface area contributed by atoms with E-state index in [4.69, 9.17) is 9.84 Å². The Bertz CT molecular complexity index is 650. The number of carboxylic acids is 1. The number of pyridine rings is 1. The van der Waals surface area contributed by atoms with Gasteiger partial charge in [0.05, 0.1) is 18.5 Å². The van der Waals surface area contributed by atoms with Crippen LogP contribution in [-0.4, -0.2) is 22.7 Å². The lowest BCUT2D eigenvalue weighted by atomic mass is 10.1. The van der Waals surface area contributed by atoms with Gasteiger partial charge in [-0.2, -0.15) is 0 Å². The predicted molar refractivity (Wildman–Crippen MR) is 82.8 cm³/mol. The highest BCUT2D eigenvalue weighted by Gasteiger charge is 2.07. The van der Waals surface area contributed by atoms with Crippen molar-refractivity contribution < 1.29 is 14.6 Å². The van der Waals surface area contributed by atoms with Gasteiger partial charge in [-0.1, -0.05) is 13.8 Å². The number of aromatic nitrogens is 1. The number of hydrogen-bond donors (Lipinski definition) is 1. The van der Waals surface area contributed by atoms with Gasteiger partial charge in [-0.15, -0.1) is 0 Å². The van der Waals surface area contributed by atoms with Gasteiger partial charge in [0.1, 0.15) is 5.75 Å². The third-order valence-corrected chi connectivity index (χ3v) is 3.22. The number of ether oxygens (including phenoxy) is 1. The Morgan fingerprint density at radius 2 is 2.10 bits per heavy atom. The van der Waals surface area contributed by atoms with Crippen LogP contribution >= 0.6 is 0 Å². The second kappa shape index (κ2) is 6.57. The fraction of sp³-hybridized carbons (Fsp3) is 0.412. The Balaban J connectivity index is 2.25. The van der Waals surface area contributed by atoms with Crippen molar-refractivity contribution in [2.75, 3.05) is 6.61 Å². The van der Waals surface area contributed by atoms with Gasteiger partial charge < -0.3 is 9.84 Å². The first-order valence-corrected chi connectivity index (χ1v) is 7.20. The number of nitrogens with zero attached hydrogens (tertiary/aromatic N) is 1. The molecule has 1 aromatic carbocycles. The molecule has 21 heavy (non-hydrogen) atoms. The molecule has 0 unspecified atom stereocenters. The van der Waals surface area contributed by atoms with Crippen molar-refractivity contribution in [1.82, 2.24) is 4.98 Å². The summed E-state index contributed by atoms with van der Waals surface area (Å²) in [5, 5.41) is 9.80. The largest absolute Gasteiger partial charge is 0.493 e. The zero-order valence-electron chi connectivity index (χ0n) is 12.7. The molecule has 1 heterocycles. The smallest absolute Gasteiger partial charge is 0.303 e. The lowest BCUT2D eigenvalue weighted by Crippen LogP contribution is -2.04. The Morgan fingerprint density at radius 3 is 2.76 bits per heavy atom. The van der Waals surface area contributed by atoms with Crippen LogP contribution in [0.2, 0.25) is 0 Å². The summed E-state index contributed by atoms with van der Waals surface area (Å²) < 4.78 is 5.73. The Labute approximate surface area is 124 Å². The van der Waals surface area contributed by atoms with Crippen LogP contribution in [0.5, 0.6) is 5.75 Å². The minimum atomic E-state index is -0.799. The van der Waals surface area contributed by atoms with E-state index in [0.29, 0.717) is 18.9 Å². The molecule has 1 aromatic heterocycles. The second-order valence-corrected chi connectivity index (χ2v) is 5.71. The van der Waals surface area contributed by atoms with Gasteiger partial charge in [0.25, 0.3) is 0 Å². The van der Waals surface area contributed by atoms with Crippen molar-refractivity contribution in [3.63, 3.8) is 0 Å². The van der Waals surface area contributed by atoms with Gasteiger partial charge in [-0.25, -0.2) is 0 Å². The van der Waals surface area contributed by atoms with Gasteiger partial charge in [0, 0.05) is 17.5 Å². The summed E-state index contributed by atoms with van der Waals surface area (Å²) >= 11 is 0. The van der Waals surface area contributed by atoms with Crippen LogP contribution < -0.4 is 4.74 Å². The maximum atomic E-state index is 10.6. The number of carbonyl (C=O) groups is 1. The highest BCUT2D eigenvalue weighted by atomic mass is 16.5. The molecule has 1 N–H and O–H groups in total. The summed E-state index contributed by atoms with van der Waals surface area (Å²) in [5.41, 5.74) is 2.79. The normalized spacial score (nSPS) is 11.0. The van der Waals surface area contributed by atoms with E-state index in [1.165, 1.54) is 0 Å². The van der Waals surface area contributed by atoms with Crippen LogP contribution in [0.3, 0.4) is 0 Å². The molecule has 0 spiro atoms. The molecule has 0 aliphatic rings. The average Bonchev–Trinajstić information content (AvgIpc) is 2.43. The quantitative estimate of drug-likeness (QED) is 0.882. The molecule has 112 valence electrons. The monoisotopic (exact) mass is 287 g/mol. The fourth-order valence-electron chi connectivity index (χ4n) is 2.16. The summed E-state index contributed by atoms with van der Waals surface area (Å²) in [6.07, 6.45) is 0.561. The van der Waals surface area contributed by atoms with Crippen molar-refractivity contribution in [1.29, 1.82) is 0 Å². The fourth-order valence-corrected chi connectivity index (χ4v) is 2.16. The first kappa shape index (κ1) is 15.3. The molecule has 0 amide bonds. The molecule has 4 heteroatoms. The van der Waals surface area contributed by atoms with Crippen molar-refractivity contribution in [3.8, 4) is 5.75 Å². The van der Waals surface area contributed by atoms with E-state index < -0.39 is 5.97 Å². The number of fused-ring (bicyclic) bond motifs is 1. The second-order valence-electron chi connectivity index (χ2n) is 5.71. The number of benzene rings is 1. The first-order valence-electron chi connectivity index (χ1n) is 7.20. The summed E-state index contributed by atoms with van der Waals surface area (Å²) in [6.45, 7) is 6.93. The zero-order valence-corrected chi connectivity index (χ0v) is 12.7. The van der Waals surface area contributed by atoms with E-state index >= 15 is 0 Å². The third kappa shape index (κ3) is 4.18. The average molecular weight is 287 g/mol. The van der Waals surface area contributed by atoms with Crippen LogP contribution in [-0.2, 0) is 11.2 Å². The maximum Gasteiger partial charge on any atom is 0.303 e. The highest BCUT2D eigenvalue weighted by Crippen LogP contribution is 2.24. The highest BCUT2D eigenvalue weighted by molar-refractivity contribution is 5.83. The van der Waals surface area contributed by atoms with Crippen LogP contribution in [0, 0.1) is 12.8 Å². The standard InChI is InChI=1S/C17H21NO3/c1-11(2)10-21-14-5-6-16-15(9-14)12(3)8-13(18-16)4-7-17(19)20/h5-6,8-9,11H,4,7,10H2,1-3H3,(H,19,20). The zero-order chi connectivity index (χ0) is 15.4. The summed E-state index contributed by atoms with van der Waals surface area (Å²) in [5.74, 6) is 0.532. The third-order valence-electron chi connectivity index (χ3n) is 3.22. The summed E-state index contributed by atoms with van der Waals surface area (Å²) in [7, 11) is 0. The summed E-state index contributed by atoms with van der Waals surface area (Å²) in [6, 6.07) is 7.80. The number of rotatable bonds is 6. The molecule has 4 nitrogen and oxygen atoms in total. The molecule has 0 radical (unpaired) electrons. The minimum Gasteiger partial charge on any atom is -0.493 e. The molecule has 0 fully saturated rings. The number of aryl methyl sites for hydroxylation is 2. The van der Waals surface area contributed by atoms with Crippen LogP contribution in [0.1, 0.15) is 31.5 Å². The van der Waals surface area contributed by atoms with Gasteiger partial charge >= 0.3 is 5.97 Å². The Kier molecular flexibility index (Phi) is 4.78. The molecular weight excluding hydrogens is 266 g/mol. The van der Waals surface area contributed by atoms with Gasteiger partial charge in [0.2, 0.25) is 0 Å². The molecule has 0 atom stereocenters. The molecular formula is C17H21NO3. The predicted octanol–water partition coefficient (Wildman–Crippen LogP) is 3.60. The first-order chi connectivity index (χ1) is 9.95. The maximum absolute atomic E-state index is 10.6.